The molecule has 96 valence electrons. The third kappa shape index (κ3) is 3.00. The van der Waals surface area contributed by atoms with Gasteiger partial charge in [0.15, 0.2) is 5.78 Å². The highest BCUT2D eigenvalue weighted by Gasteiger charge is 2.15. The Kier molecular flexibility index (Phi) is 3.55. The highest BCUT2D eigenvalue weighted by atomic mass is 16.3. The lowest BCUT2D eigenvalue weighted by Gasteiger charge is -2.16. The van der Waals surface area contributed by atoms with Crippen molar-refractivity contribution in [2.75, 3.05) is 0 Å². The predicted octanol–water partition coefficient (Wildman–Crippen LogP) is 4.83. The van der Waals surface area contributed by atoms with Crippen LogP contribution in [0.2, 0.25) is 0 Å². The van der Waals surface area contributed by atoms with Crippen LogP contribution in [0.5, 0.6) is 0 Å². The summed E-state index contributed by atoms with van der Waals surface area (Å²) in [5, 5.41) is 0.929. The minimum absolute atomic E-state index is 0.184. The van der Waals surface area contributed by atoms with Gasteiger partial charge in [0.25, 0.3) is 0 Å². The van der Waals surface area contributed by atoms with E-state index in [2.05, 4.69) is 20.8 Å². The van der Waals surface area contributed by atoms with Gasteiger partial charge < -0.3 is 4.42 Å². The fourth-order valence-electron chi connectivity index (χ4n) is 2.11. The Morgan fingerprint density at radius 3 is 2.67 bits per heavy atom. The first-order valence-electron chi connectivity index (χ1n) is 6.47. The maximum atomic E-state index is 12.1. The molecule has 0 bridgehead atoms. The fourth-order valence-corrected chi connectivity index (χ4v) is 2.11. The van der Waals surface area contributed by atoms with Gasteiger partial charge in [-0.1, -0.05) is 39.0 Å². The fraction of sp³-hybridized carbons (Fsp3) is 0.438. The summed E-state index contributed by atoms with van der Waals surface area (Å²) in [6.07, 6.45) is 4.18. The molecule has 1 aromatic carbocycles. The number of Topliss-reactive ketones (excluding diaryl/α,β-unsaturated/α-hetero) is 1. The summed E-state index contributed by atoms with van der Waals surface area (Å²) in [4.78, 5) is 12.1. The van der Waals surface area contributed by atoms with Crippen molar-refractivity contribution in [1.82, 2.24) is 0 Å². The average Bonchev–Trinajstić information content (AvgIpc) is 2.70. The number of hydrogen-bond donors (Lipinski definition) is 0. The second-order valence-electron chi connectivity index (χ2n) is 5.98. The van der Waals surface area contributed by atoms with Gasteiger partial charge in [-0.25, -0.2) is 0 Å². The van der Waals surface area contributed by atoms with Crippen LogP contribution in [-0.4, -0.2) is 5.78 Å². The molecule has 2 nitrogen and oxygen atoms in total. The SMILES string of the molecule is CC(C)(C)CCCC(=O)c1coc2ccccc12. The zero-order valence-electron chi connectivity index (χ0n) is 11.3. The number of benzene rings is 1. The quantitative estimate of drug-likeness (QED) is 0.721. The summed E-state index contributed by atoms with van der Waals surface area (Å²) in [6.45, 7) is 6.60. The van der Waals surface area contributed by atoms with Crippen LogP contribution in [0.1, 0.15) is 50.4 Å². The molecule has 0 radical (unpaired) electrons. The van der Waals surface area contributed by atoms with Gasteiger partial charge in [0.05, 0.1) is 5.56 Å². The van der Waals surface area contributed by atoms with Crippen molar-refractivity contribution < 1.29 is 9.21 Å². The van der Waals surface area contributed by atoms with Gasteiger partial charge in [-0.05, 0) is 24.3 Å². The number of hydrogen-bond acceptors (Lipinski definition) is 2. The molecule has 1 heterocycles. The highest BCUT2D eigenvalue weighted by Crippen LogP contribution is 2.25. The third-order valence-electron chi connectivity index (χ3n) is 3.11. The lowest BCUT2D eigenvalue weighted by Crippen LogP contribution is -2.06. The molecule has 2 rings (SSSR count). The molecular formula is C16H20O2. The van der Waals surface area contributed by atoms with Gasteiger partial charge in [-0.2, -0.15) is 0 Å². The number of carbonyl (C=O) groups is 1. The molecule has 0 aliphatic rings. The molecule has 0 saturated heterocycles. The number of rotatable bonds is 4. The zero-order chi connectivity index (χ0) is 13.2. The van der Waals surface area contributed by atoms with E-state index >= 15 is 0 Å². The molecule has 0 spiro atoms. The van der Waals surface area contributed by atoms with E-state index in [1.54, 1.807) is 6.26 Å². The van der Waals surface area contributed by atoms with E-state index in [9.17, 15) is 4.79 Å². The third-order valence-corrected chi connectivity index (χ3v) is 3.11. The van der Waals surface area contributed by atoms with E-state index in [0.717, 1.165) is 29.4 Å². The second kappa shape index (κ2) is 4.97. The molecule has 18 heavy (non-hydrogen) atoms. The summed E-state index contributed by atoms with van der Waals surface area (Å²) in [6, 6.07) is 7.68. The smallest absolute Gasteiger partial charge is 0.166 e. The molecule has 2 aromatic rings. The minimum Gasteiger partial charge on any atom is -0.464 e. The number of fused-ring (bicyclic) bond motifs is 1. The standard InChI is InChI=1S/C16H20O2/c1-16(2,3)10-6-8-14(17)13-11-18-15-9-5-4-7-12(13)15/h4-5,7,9,11H,6,8,10H2,1-3H3. The van der Waals surface area contributed by atoms with E-state index in [-0.39, 0.29) is 5.78 Å². The van der Waals surface area contributed by atoms with Gasteiger partial charge in [-0.3, -0.25) is 4.79 Å². The maximum absolute atomic E-state index is 12.1. The lowest BCUT2D eigenvalue weighted by molar-refractivity contribution is 0.0976. The summed E-state index contributed by atoms with van der Waals surface area (Å²) in [7, 11) is 0. The Labute approximate surface area is 108 Å². The molecule has 0 atom stereocenters. The monoisotopic (exact) mass is 244 g/mol. The van der Waals surface area contributed by atoms with Crippen LogP contribution in [0.15, 0.2) is 34.9 Å². The van der Waals surface area contributed by atoms with Crippen molar-refractivity contribution in [2.45, 2.75) is 40.0 Å². The van der Waals surface area contributed by atoms with Gasteiger partial charge in [0, 0.05) is 11.8 Å². The van der Waals surface area contributed by atoms with E-state index in [1.807, 2.05) is 24.3 Å². The van der Waals surface area contributed by atoms with Crippen LogP contribution in [0.25, 0.3) is 11.0 Å². The molecule has 0 aliphatic heterocycles. The normalized spacial score (nSPS) is 11.9. The lowest BCUT2D eigenvalue weighted by atomic mass is 9.89. The predicted molar refractivity (Wildman–Crippen MR) is 73.9 cm³/mol. The van der Waals surface area contributed by atoms with Crippen molar-refractivity contribution in [3.63, 3.8) is 0 Å². The Morgan fingerprint density at radius 1 is 1.22 bits per heavy atom. The zero-order valence-corrected chi connectivity index (χ0v) is 11.3. The van der Waals surface area contributed by atoms with Gasteiger partial charge in [-0.15, -0.1) is 0 Å². The van der Waals surface area contributed by atoms with Crippen molar-refractivity contribution >= 4 is 16.8 Å². The minimum atomic E-state index is 0.184. The Morgan fingerprint density at radius 2 is 1.94 bits per heavy atom. The summed E-state index contributed by atoms with van der Waals surface area (Å²) < 4.78 is 5.40. The maximum Gasteiger partial charge on any atom is 0.166 e. The topological polar surface area (TPSA) is 30.2 Å². The van der Waals surface area contributed by atoms with Gasteiger partial charge in [0.1, 0.15) is 11.8 Å². The number of ketones is 1. The van der Waals surface area contributed by atoms with E-state index < -0.39 is 0 Å². The van der Waals surface area contributed by atoms with Gasteiger partial charge in [0.2, 0.25) is 0 Å². The molecule has 0 saturated carbocycles. The highest BCUT2D eigenvalue weighted by molar-refractivity contribution is 6.06. The van der Waals surface area contributed by atoms with Crippen molar-refractivity contribution in [1.29, 1.82) is 0 Å². The Bertz CT molecular complexity index is 543. The molecule has 0 fully saturated rings. The number of furan rings is 1. The molecule has 0 aliphatic carbocycles. The average molecular weight is 244 g/mol. The summed E-state index contributed by atoms with van der Waals surface area (Å²) in [5.74, 6) is 0.184. The Balaban J connectivity index is 2.05. The number of carbonyl (C=O) groups excluding carboxylic acids is 1. The number of para-hydroxylation sites is 1. The van der Waals surface area contributed by atoms with Crippen LogP contribution < -0.4 is 0 Å². The summed E-state index contributed by atoms with van der Waals surface area (Å²) >= 11 is 0. The van der Waals surface area contributed by atoms with E-state index in [0.29, 0.717) is 11.8 Å². The van der Waals surface area contributed by atoms with Crippen LogP contribution in [0, 0.1) is 5.41 Å². The molecular weight excluding hydrogens is 224 g/mol. The van der Waals surface area contributed by atoms with Crippen molar-refractivity contribution in [2.24, 2.45) is 5.41 Å². The van der Waals surface area contributed by atoms with Crippen molar-refractivity contribution in [3.8, 4) is 0 Å². The first kappa shape index (κ1) is 12.9. The van der Waals surface area contributed by atoms with Crippen LogP contribution >= 0.6 is 0 Å². The molecule has 0 amide bonds. The first-order chi connectivity index (χ1) is 8.47. The van der Waals surface area contributed by atoms with Crippen LogP contribution in [0.4, 0.5) is 0 Å². The molecule has 1 aromatic heterocycles. The molecule has 0 unspecified atom stereocenters. The molecule has 2 heteroatoms. The largest absolute Gasteiger partial charge is 0.464 e. The van der Waals surface area contributed by atoms with E-state index in [1.165, 1.54) is 0 Å². The van der Waals surface area contributed by atoms with Crippen LogP contribution in [-0.2, 0) is 0 Å². The van der Waals surface area contributed by atoms with Crippen LogP contribution in [0.3, 0.4) is 0 Å². The van der Waals surface area contributed by atoms with E-state index in [4.69, 9.17) is 4.42 Å². The van der Waals surface area contributed by atoms with Gasteiger partial charge >= 0.3 is 0 Å². The summed E-state index contributed by atoms with van der Waals surface area (Å²) in [5.41, 5.74) is 1.80. The first-order valence-corrected chi connectivity index (χ1v) is 6.47. The molecule has 0 N–H and O–H groups in total. The van der Waals surface area contributed by atoms with Crippen molar-refractivity contribution in [3.05, 3.63) is 36.1 Å². The second-order valence-corrected chi connectivity index (χ2v) is 5.98. The Hall–Kier alpha value is -1.57.